The minimum atomic E-state index is -4.63. The molecule has 0 saturated carbocycles. The lowest BCUT2D eigenvalue weighted by atomic mass is 10.0. The molecule has 0 fully saturated rings. The van der Waals surface area contributed by atoms with Crippen LogP contribution in [0.25, 0.3) is 0 Å². The summed E-state index contributed by atoms with van der Waals surface area (Å²) in [7, 11) is -4.05. The van der Waals surface area contributed by atoms with Gasteiger partial charge in [0.15, 0.2) is 6.29 Å². The van der Waals surface area contributed by atoms with E-state index in [2.05, 4.69) is 10.3 Å². The summed E-state index contributed by atoms with van der Waals surface area (Å²) in [4.78, 5) is 28.2. The van der Waals surface area contributed by atoms with Crippen molar-refractivity contribution >= 4 is 13.9 Å². The van der Waals surface area contributed by atoms with E-state index in [-0.39, 0.29) is 58.6 Å². The molecule has 0 atom stereocenters. The fourth-order valence-corrected chi connectivity index (χ4v) is 2.89. The van der Waals surface area contributed by atoms with Gasteiger partial charge in [-0.05, 0) is 11.6 Å². The van der Waals surface area contributed by atoms with E-state index in [1.165, 1.54) is 16.9 Å². The number of rotatable bonds is 14. The maximum Gasteiger partial charge on any atom is 0.417 e. The van der Waals surface area contributed by atoms with Crippen molar-refractivity contribution in [3.8, 4) is 0 Å². The maximum absolute atomic E-state index is 13.1. The van der Waals surface area contributed by atoms with Crippen LogP contribution in [-0.2, 0) is 38.1 Å². The number of nitrogens with zero attached hydrogens (tertiary/aromatic N) is 3. The molecule has 10 nitrogen and oxygen atoms in total. The van der Waals surface area contributed by atoms with Gasteiger partial charge in [0.05, 0.1) is 64.1 Å². The van der Waals surface area contributed by atoms with Crippen LogP contribution < -0.4 is 0 Å². The lowest BCUT2D eigenvalue weighted by molar-refractivity contribution is -0.137. The number of carbonyl (C=O) groups is 1. The van der Waals surface area contributed by atoms with Gasteiger partial charge in [0, 0.05) is 5.56 Å². The maximum atomic E-state index is 13.1. The van der Waals surface area contributed by atoms with E-state index in [0.717, 1.165) is 12.1 Å². The lowest BCUT2D eigenvalue weighted by Gasteiger charge is -2.11. The number of halogens is 3. The summed E-state index contributed by atoms with van der Waals surface area (Å²) >= 11 is 0. The molecule has 0 aliphatic heterocycles. The monoisotopic (exact) mass is 481 g/mol. The predicted molar refractivity (Wildman–Crippen MR) is 104 cm³/mol. The largest absolute Gasteiger partial charge is 0.417 e. The topological polar surface area (TPSA) is 133 Å². The Kier molecular flexibility index (Phi) is 9.94. The molecule has 2 rings (SSSR count). The van der Waals surface area contributed by atoms with Gasteiger partial charge >= 0.3 is 13.8 Å². The molecule has 32 heavy (non-hydrogen) atoms. The van der Waals surface area contributed by atoms with Crippen molar-refractivity contribution in [3.05, 3.63) is 46.8 Å². The molecule has 0 spiro atoms. The quantitative estimate of drug-likeness (QED) is 0.236. The summed E-state index contributed by atoms with van der Waals surface area (Å²) in [6.07, 6.45) is -3.27. The Labute approximate surface area is 181 Å². The molecule has 1 aromatic carbocycles. The first-order valence-electron chi connectivity index (χ1n) is 9.40. The average molecular weight is 481 g/mol. The van der Waals surface area contributed by atoms with Crippen LogP contribution in [0.3, 0.4) is 0 Å². The number of carbonyl (C=O) groups excluding carboxylic acids is 1. The van der Waals surface area contributed by atoms with Gasteiger partial charge in [-0.1, -0.05) is 17.3 Å². The van der Waals surface area contributed by atoms with Crippen molar-refractivity contribution in [2.75, 3.05) is 39.2 Å². The molecule has 14 heteroatoms. The SMILES string of the molecule is O=Cc1ccc(Cn2cc(COCCOCCOCCP(=O)(O)O)nn2)cc1C(F)(F)F. The highest BCUT2D eigenvalue weighted by atomic mass is 31.2. The summed E-state index contributed by atoms with van der Waals surface area (Å²) in [5.41, 5.74) is -0.632. The third-order valence-electron chi connectivity index (χ3n) is 4.00. The smallest absolute Gasteiger partial charge is 0.378 e. The minimum Gasteiger partial charge on any atom is -0.378 e. The zero-order chi connectivity index (χ0) is 23.6. The Morgan fingerprint density at radius 2 is 1.72 bits per heavy atom. The molecule has 178 valence electrons. The molecule has 2 aromatic rings. The van der Waals surface area contributed by atoms with Gasteiger partial charge in [-0.3, -0.25) is 9.36 Å². The molecular weight excluding hydrogens is 458 g/mol. The molecule has 0 saturated heterocycles. The summed E-state index contributed by atoms with van der Waals surface area (Å²) in [6, 6.07) is 3.45. The van der Waals surface area contributed by atoms with Gasteiger partial charge in [0.1, 0.15) is 5.69 Å². The van der Waals surface area contributed by atoms with E-state index in [1.807, 2.05) is 0 Å². The molecule has 0 radical (unpaired) electrons. The standard InChI is InChI=1S/C18H23F3N3O7P/c19-18(20,21)17-9-14(1-2-15(17)12-25)10-24-11-16(22-23-24)13-31-6-5-29-3-4-30-7-8-32(26,27)28/h1-2,9,11-12H,3-8,10,13H2,(H2,26,27,28). The summed E-state index contributed by atoms with van der Waals surface area (Å²) in [5.74, 6) is 0. The highest BCUT2D eigenvalue weighted by molar-refractivity contribution is 7.51. The van der Waals surface area contributed by atoms with Crippen molar-refractivity contribution < 1.29 is 46.5 Å². The number of alkyl halides is 3. The van der Waals surface area contributed by atoms with E-state index < -0.39 is 24.9 Å². The fourth-order valence-electron chi connectivity index (χ4n) is 2.52. The van der Waals surface area contributed by atoms with Crippen molar-refractivity contribution in [1.29, 1.82) is 0 Å². The highest BCUT2D eigenvalue weighted by Crippen LogP contribution is 2.33. The van der Waals surface area contributed by atoms with Crippen LogP contribution in [0.15, 0.2) is 24.4 Å². The zero-order valence-electron chi connectivity index (χ0n) is 16.9. The number of aldehydes is 1. The summed E-state index contributed by atoms with van der Waals surface area (Å²) in [6.45, 7) is 1.05. The Balaban J connectivity index is 1.67. The zero-order valence-corrected chi connectivity index (χ0v) is 17.8. The van der Waals surface area contributed by atoms with Crippen molar-refractivity contribution in [3.63, 3.8) is 0 Å². The van der Waals surface area contributed by atoms with E-state index in [1.54, 1.807) is 0 Å². The van der Waals surface area contributed by atoms with Gasteiger partial charge in [0.25, 0.3) is 0 Å². The third kappa shape index (κ3) is 9.55. The van der Waals surface area contributed by atoms with Crippen LogP contribution in [0, 0.1) is 0 Å². The van der Waals surface area contributed by atoms with Gasteiger partial charge in [-0.15, -0.1) is 5.10 Å². The Morgan fingerprint density at radius 1 is 1.06 bits per heavy atom. The second kappa shape index (κ2) is 12.2. The molecular formula is C18H23F3N3O7P. The number of hydrogen-bond acceptors (Lipinski definition) is 7. The second-order valence-electron chi connectivity index (χ2n) is 6.61. The molecule has 1 aromatic heterocycles. The van der Waals surface area contributed by atoms with Crippen LogP contribution in [0.4, 0.5) is 13.2 Å². The number of ether oxygens (including phenoxy) is 3. The van der Waals surface area contributed by atoms with Crippen molar-refractivity contribution in [2.45, 2.75) is 19.3 Å². The normalized spacial score (nSPS) is 12.3. The van der Waals surface area contributed by atoms with Gasteiger partial charge < -0.3 is 24.0 Å². The molecule has 0 aliphatic rings. The van der Waals surface area contributed by atoms with Gasteiger partial charge in [0.2, 0.25) is 0 Å². The Morgan fingerprint density at radius 3 is 2.34 bits per heavy atom. The number of benzene rings is 1. The first-order chi connectivity index (χ1) is 15.1. The van der Waals surface area contributed by atoms with Crippen molar-refractivity contribution in [2.24, 2.45) is 0 Å². The molecule has 0 amide bonds. The molecule has 0 aliphatic carbocycles. The first kappa shape index (κ1) is 26.1. The molecule has 1 heterocycles. The highest BCUT2D eigenvalue weighted by Gasteiger charge is 2.33. The van der Waals surface area contributed by atoms with Crippen LogP contribution in [0.1, 0.15) is 27.2 Å². The van der Waals surface area contributed by atoms with Crippen LogP contribution >= 0.6 is 7.60 Å². The first-order valence-corrected chi connectivity index (χ1v) is 11.2. The van der Waals surface area contributed by atoms with Gasteiger partial charge in [-0.25, -0.2) is 4.68 Å². The Hall–Kier alpha value is -2.15. The van der Waals surface area contributed by atoms with E-state index in [9.17, 15) is 22.5 Å². The molecule has 0 bridgehead atoms. The van der Waals surface area contributed by atoms with E-state index >= 15 is 0 Å². The number of aromatic nitrogens is 3. The Bertz CT molecular complexity index is 917. The summed E-state index contributed by atoms with van der Waals surface area (Å²) in [5, 5.41) is 7.74. The van der Waals surface area contributed by atoms with E-state index in [0.29, 0.717) is 11.3 Å². The third-order valence-corrected chi connectivity index (χ3v) is 4.77. The van der Waals surface area contributed by atoms with Crippen LogP contribution in [0.2, 0.25) is 0 Å². The average Bonchev–Trinajstić information content (AvgIpc) is 3.15. The second-order valence-corrected chi connectivity index (χ2v) is 8.39. The molecule has 0 unspecified atom stereocenters. The fraction of sp³-hybridized carbons (Fsp3) is 0.500. The summed E-state index contributed by atoms with van der Waals surface area (Å²) < 4.78 is 66.8. The lowest BCUT2D eigenvalue weighted by Crippen LogP contribution is -2.11. The van der Waals surface area contributed by atoms with Crippen LogP contribution in [0.5, 0.6) is 0 Å². The van der Waals surface area contributed by atoms with Gasteiger partial charge in [-0.2, -0.15) is 13.2 Å². The minimum absolute atomic E-state index is 0.0420. The number of hydrogen-bond donors (Lipinski definition) is 2. The molecule has 2 N–H and O–H groups in total. The van der Waals surface area contributed by atoms with E-state index in [4.69, 9.17) is 24.0 Å². The predicted octanol–water partition coefficient (Wildman–Crippen LogP) is 1.89. The van der Waals surface area contributed by atoms with Crippen LogP contribution in [-0.4, -0.2) is 70.3 Å². The van der Waals surface area contributed by atoms with Crippen molar-refractivity contribution in [1.82, 2.24) is 15.0 Å².